The summed E-state index contributed by atoms with van der Waals surface area (Å²) in [4.78, 5) is 11.6. The third-order valence-corrected chi connectivity index (χ3v) is 5.52. The quantitative estimate of drug-likeness (QED) is 0.709. The first-order valence-electron chi connectivity index (χ1n) is 9.67. The van der Waals surface area contributed by atoms with Crippen LogP contribution < -0.4 is 10.6 Å². The molecule has 0 saturated carbocycles. The third kappa shape index (κ3) is 3.56. The van der Waals surface area contributed by atoms with Crippen molar-refractivity contribution in [3.63, 3.8) is 0 Å². The van der Waals surface area contributed by atoms with Gasteiger partial charge in [-0.15, -0.1) is 0 Å². The first-order chi connectivity index (χ1) is 13.6. The van der Waals surface area contributed by atoms with E-state index in [1.165, 1.54) is 6.07 Å². The van der Waals surface area contributed by atoms with Crippen LogP contribution in [0.1, 0.15) is 30.4 Å². The van der Waals surface area contributed by atoms with Crippen molar-refractivity contribution in [2.45, 2.75) is 26.2 Å². The van der Waals surface area contributed by atoms with Crippen LogP contribution in [0.2, 0.25) is 0 Å². The Labute approximate surface area is 163 Å². The molecule has 3 aromatic rings. The number of alkyl halides is 2. The number of halogens is 2. The van der Waals surface area contributed by atoms with Gasteiger partial charge in [0.15, 0.2) is 5.82 Å². The number of aryl methyl sites for hydroxylation is 1. The molecule has 146 valence electrons. The number of anilines is 1. The van der Waals surface area contributed by atoms with Gasteiger partial charge in [0.1, 0.15) is 5.82 Å². The molecule has 0 radical (unpaired) electrons. The Hall–Kier alpha value is -2.60. The number of aromatic nitrogens is 2. The van der Waals surface area contributed by atoms with E-state index in [0.29, 0.717) is 23.9 Å². The minimum Gasteiger partial charge on any atom is -0.356 e. The maximum atomic E-state index is 13.6. The van der Waals surface area contributed by atoms with Gasteiger partial charge in [0.05, 0.1) is 5.52 Å². The minimum atomic E-state index is -2.57. The fourth-order valence-electron chi connectivity index (χ4n) is 3.86. The van der Waals surface area contributed by atoms with Gasteiger partial charge in [0.25, 0.3) is 6.43 Å². The summed E-state index contributed by atoms with van der Waals surface area (Å²) in [7, 11) is 0. The smallest absolute Gasteiger partial charge is 0.264 e. The molecular weight excluding hydrogens is 358 g/mol. The molecular formula is C22H24F2N4. The van der Waals surface area contributed by atoms with Gasteiger partial charge >= 0.3 is 0 Å². The van der Waals surface area contributed by atoms with Crippen molar-refractivity contribution < 1.29 is 8.78 Å². The summed E-state index contributed by atoms with van der Waals surface area (Å²) in [5, 5.41) is 0.954. The van der Waals surface area contributed by atoms with Crippen molar-refractivity contribution in [3.05, 3.63) is 53.6 Å². The minimum absolute atomic E-state index is 0.0395. The highest BCUT2D eigenvalue weighted by molar-refractivity contribution is 5.91. The summed E-state index contributed by atoms with van der Waals surface area (Å²) in [6.45, 7) is 4.42. The lowest BCUT2D eigenvalue weighted by molar-refractivity contribution is 0.152. The summed E-state index contributed by atoms with van der Waals surface area (Å²) in [5.74, 6) is 1.70. The summed E-state index contributed by atoms with van der Waals surface area (Å²) in [6.07, 6.45) is -0.551. The summed E-state index contributed by atoms with van der Waals surface area (Å²) in [5.41, 5.74) is 8.03. The Morgan fingerprint density at radius 1 is 1.11 bits per heavy atom. The molecule has 6 heteroatoms. The molecule has 1 saturated heterocycles. The fraction of sp³-hybridized carbons (Fsp3) is 0.364. The van der Waals surface area contributed by atoms with Crippen molar-refractivity contribution in [2.75, 3.05) is 24.5 Å². The van der Waals surface area contributed by atoms with E-state index in [1.807, 2.05) is 25.1 Å². The molecule has 28 heavy (non-hydrogen) atoms. The second-order valence-corrected chi connectivity index (χ2v) is 7.45. The van der Waals surface area contributed by atoms with Crippen LogP contribution in [0.15, 0.2) is 42.5 Å². The summed E-state index contributed by atoms with van der Waals surface area (Å²) >= 11 is 0. The van der Waals surface area contributed by atoms with Crippen molar-refractivity contribution in [3.8, 4) is 11.4 Å². The maximum Gasteiger partial charge on any atom is 0.264 e. The van der Waals surface area contributed by atoms with Gasteiger partial charge in [-0.05, 0) is 49.9 Å². The molecule has 1 aliphatic rings. The van der Waals surface area contributed by atoms with Crippen molar-refractivity contribution >= 4 is 16.7 Å². The van der Waals surface area contributed by atoms with Crippen molar-refractivity contribution in [1.82, 2.24) is 9.97 Å². The number of fused-ring (bicyclic) bond motifs is 1. The van der Waals surface area contributed by atoms with Crippen LogP contribution in [-0.2, 0) is 0 Å². The number of nitrogens with zero attached hydrogens (tertiary/aromatic N) is 3. The molecule has 2 N–H and O–H groups in total. The zero-order valence-electron chi connectivity index (χ0n) is 15.9. The second-order valence-electron chi connectivity index (χ2n) is 7.45. The van der Waals surface area contributed by atoms with E-state index >= 15 is 0 Å². The lowest BCUT2D eigenvalue weighted by atomic mass is 9.97. The number of piperidine rings is 1. The normalized spacial score (nSPS) is 15.5. The first-order valence-corrected chi connectivity index (χ1v) is 9.67. The van der Waals surface area contributed by atoms with Crippen LogP contribution >= 0.6 is 0 Å². The molecule has 4 nitrogen and oxygen atoms in total. The zero-order chi connectivity index (χ0) is 19.7. The molecule has 0 bridgehead atoms. The highest BCUT2D eigenvalue weighted by atomic mass is 19.3. The Morgan fingerprint density at radius 3 is 2.57 bits per heavy atom. The van der Waals surface area contributed by atoms with Crippen LogP contribution in [0, 0.1) is 12.8 Å². The van der Waals surface area contributed by atoms with Gasteiger partial charge in [0, 0.05) is 29.6 Å². The number of hydrogen-bond acceptors (Lipinski definition) is 4. The van der Waals surface area contributed by atoms with E-state index < -0.39 is 6.43 Å². The molecule has 0 atom stereocenters. The Balaban J connectivity index is 1.85. The number of benzene rings is 2. The van der Waals surface area contributed by atoms with Crippen LogP contribution in [0.4, 0.5) is 14.6 Å². The standard InChI is InChI=1S/C22H24F2N4/c1-14-6-7-18-19(12-14)26-21(17-5-3-2-4-16(17)20(23)24)27-22(18)28-10-8-15(13-25)9-11-28/h2-7,12,15,20H,8-11,13,25H2,1H3. The highest BCUT2D eigenvalue weighted by Gasteiger charge is 2.23. The number of nitrogens with two attached hydrogens (primary N) is 1. The van der Waals surface area contributed by atoms with E-state index in [-0.39, 0.29) is 5.56 Å². The molecule has 2 heterocycles. The van der Waals surface area contributed by atoms with Crippen LogP contribution in [-0.4, -0.2) is 29.6 Å². The van der Waals surface area contributed by atoms with E-state index in [9.17, 15) is 8.78 Å². The maximum absolute atomic E-state index is 13.6. The van der Waals surface area contributed by atoms with Gasteiger partial charge in [-0.1, -0.05) is 30.3 Å². The van der Waals surface area contributed by atoms with Gasteiger partial charge in [0.2, 0.25) is 0 Å². The average molecular weight is 382 g/mol. The lowest BCUT2D eigenvalue weighted by Crippen LogP contribution is -2.36. The van der Waals surface area contributed by atoms with Crippen LogP contribution in [0.25, 0.3) is 22.3 Å². The monoisotopic (exact) mass is 382 g/mol. The molecule has 1 aromatic heterocycles. The van der Waals surface area contributed by atoms with Gasteiger partial charge < -0.3 is 10.6 Å². The molecule has 0 unspecified atom stereocenters. The molecule has 0 aliphatic carbocycles. The average Bonchev–Trinajstić information content (AvgIpc) is 2.72. The van der Waals surface area contributed by atoms with Crippen LogP contribution in [0.3, 0.4) is 0 Å². The number of hydrogen-bond donors (Lipinski definition) is 1. The van der Waals surface area contributed by atoms with E-state index in [2.05, 4.69) is 9.88 Å². The zero-order valence-corrected chi connectivity index (χ0v) is 15.9. The Kier molecular flexibility index (Phi) is 5.22. The topological polar surface area (TPSA) is 55.0 Å². The van der Waals surface area contributed by atoms with E-state index in [4.69, 9.17) is 10.7 Å². The van der Waals surface area contributed by atoms with Crippen molar-refractivity contribution in [2.24, 2.45) is 11.7 Å². The van der Waals surface area contributed by atoms with Crippen LogP contribution in [0.5, 0.6) is 0 Å². The summed E-state index contributed by atoms with van der Waals surface area (Å²) in [6, 6.07) is 12.5. The first kappa shape index (κ1) is 18.7. The molecule has 0 amide bonds. The molecule has 2 aromatic carbocycles. The highest BCUT2D eigenvalue weighted by Crippen LogP contribution is 2.34. The predicted octanol–water partition coefficient (Wildman–Crippen LogP) is 4.72. The van der Waals surface area contributed by atoms with Gasteiger partial charge in [-0.3, -0.25) is 0 Å². The summed E-state index contributed by atoms with van der Waals surface area (Å²) < 4.78 is 27.1. The SMILES string of the molecule is Cc1ccc2c(N3CCC(CN)CC3)nc(-c3ccccc3C(F)F)nc2c1. The van der Waals surface area contributed by atoms with Gasteiger partial charge in [-0.25, -0.2) is 18.7 Å². The Bertz CT molecular complexity index is 981. The fourth-order valence-corrected chi connectivity index (χ4v) is 3.86. The third-order valence-electron chi connectivity index (χ3n) is 5.52. The van der Waals surface area contributed by atoms with Gasteiger partial charge in [-0.2, -0.15) is 0 Å². The largest absolute Gasteiger partial charge is 0.356 e. The Morgan fingerprint density at radius 2 is 1.86 bits per heavy atom. The second kappa shape index (κ2) is 7.80. The molecule has 0 spiro atoms. The van der Waals surface area contributed by atoms with E-state index in [1.54, 1.807) is 18.2 Å². The van der Waals surface area contributed by atoms with Crippen molar-refractivity contribution in [1.29, 1.82) is 0 Å². The molecule has 1 fully saturated rings. The lowest BCUT2D eigenvalue weighted by Gasteiger charge is -2.33. The molecule has 4 rings (SSSR count). The van der Waals surface area contributed by atoms with E-state index in [0.717, 1.165) is 48.2 Å². The molecule has 1 aliphatic heterocycles. The number of rotatable bonds is 4. The predicted molar refractivity (Wildman–Crippen MR) is 109 cm³/mol.